The second-order valence-corrected chi connectivity index (χ2v) is 5.12. The van der Waals surface area contributed by atoms with Crippen LogP contribution in [0, 0.1) is 0 Å². The highest BCUT2D eigenvalue weighted by atomic mass is 32.1. The Kier molecular flexibility index (Phi) is 9.56. The lowest BCUT2D eigenvalue weighted by Gasteiger charge is -1.89. The third-order valence-electron chi connectivity index (χ3n) is 2.50. The molecule has 0 spiro atoms. The normalized spacial score (nSPS) is 9.23. The van der Waals surface area contributed by atoms with E-state index in [1.807, 2.05) is 47.8 Å². The van der Waals surface area contributed by atoms with Gasteiger partial charge in [0.2, 0.25) is 0 Å². The van der Waals surface area contributed by atoms with E-state index in [4.69, 9.17) is 21.6 Å². The summed E-state index contributed by atoms with van der Waals surface area (Å²) in [5.41, 5.74) is 16.7. The quantitative estimate of drug-likeness (QED) is 0.688. The largest absolute Gasteiger partial charge is 0.468 e. The number of pyridine rings is 1. The molecule has 0 saturated heterocycles. The van der Waals surface area contributed by atoms with Crippen LogP contribution < -0.4 is 17.2 Å². The fraction of sp³-hybridized carbons (Fsp3) is 0.188. The minimum absolute atomic E-state index is 0.493. The summed E-state index contributed by atoms with van der Waals surface area (Å²) >= 11 is 1.70. The number of hydrogen-bond donors (Lipinski definition) is 3. The fourth-order valence-corrected chi connectivity index (χ4v) is 1.96. The van der Waals surface area contributed by atoms with Crippen molar-refractivity contribution in [2.75, 3.05) is 0 Å². The standard InChI is InChI=1S/C6H8N2.C5H7NO.C5H7NS/c7-5-6-3-1-2-4-8-6;2*6-4-5-2-1-3-7-5/h1-4H,5,7H2;2*1-3H,4,6H2. The molecule has 0 fully saturated rings. The number of nitrogens with zero attached hydrogens (tertiary/aromatic N) is 1. The van der Waals surface area contributed by atoms with E-state index in [0.717, 1.165) is 11.5 Å². The van der Waals surface area contributed by atoms with Crippen molar-refractivity contribution in [1.82, 2.24) is 4.98 Å². The summed E-state index contributed by atoms with van der Waals surface area (Å²) in [4.78, 5) is 5.22. The maximum Gasteiger partial charge on any atom is 0.117 e. The summed E-state index contributed by atoms with van der Waals surface area (Å²) in [6.45, 7) is 1.70. The molecule has 0 aliphatic heterocycles. The highest BCUT2D eigenvalue weighted by Crippen LogP contribution is 2.05. The molecule has 0 aromatic carbocycles. The van der Waals surface area contributed by atoms with Crippen molar-refractivity contribution < 1.29 is 4.42 Å². The molecular weight excluding hydrogens is 296 g/mol. The van der Waals surface area contributed by atoms with Crippen LogP contribution >= 0.6 is 11.3 Å². The number of aromatic nitrogens is 1. The SMILES string of the molecule is NCc1ccccn1.NCc1ccco1.NCc1cccs1. The van der Waals surface area contributed by atoms with Crippen molar-refractivity contribution in [3.8, 4) is 0 Å². The molecule has 6 heteroatoms. The molecule has 118 valence electrons. The second-order valence-electron chi connectivity index (χ2n) is 4.09. The van der Waals surface area contributed by atoms with Crippen molar-refractivity contribution in [2.45, 2.75) is 19.6 Å². The molecule has 3 rings (SSSR count). The zero-order valence-corrected chi connectivity index (χ0v) is 13.2. The molecule has 5 nitrogen and oxygen atoms in total. The van der Waals surface area contributed by atoms with Gasteiger partial charge in [-0.2, -0.15) is 0 Å². The van der Waals surface area contributed by atoms with Crippen molar-refractivity contribution in [2.24, 2.45) is 17.2 Å². The number of rotatable bonds is 3. The van der Waals surface area contributed by atoms with Gasteiger partial charge in [-0.15, -0.1) is 11.3 Å². The average Bonchev–Trinajstić information content (AvgIpc) is 3.29. The van der Waals surface area contributed by atoms with Gasteiger partial charge in [-0.05, 0) is 35.7 Å². The van der Waals surface area contributed by atoms with Crippen LogP contribution in [0.2, 0.25) is 0 Å². The molecule has 0 amide bonds. The highest BCUT2D eigenvalue weighted by molar-refractivity contribution is 7.09. The third kappa shape index (κ3) is 7.70. The van der Waals surface area contributed by atoms with Crippen LogP contribution in [0.1, 0.15) is 16.3 Å². The van der Waals surface area contributed by atoms with Crippen LogP contribution in [-0.2, 0) is 19.6 Å². The van der Waals surface area contributed by atoms with Crippen LogP contribution in [-0.4, -0.2) is 4.98 Å². The van der Waals surface area contributed by atoms with Gasteiger partial charge in [0.25, 0.3) is 0 Å². The first-order valence-electron chi connectivity index (χ1n) is 6.85. The molecule has 0 saturated carbocycles. The molecule has 0 aliphatic carbocycles. The molecule has 0 atom stereocenters. The number of furan rings is 1. The minimum Gasteiger partial charge on any atom is -0.468 e. The van der Waals surface area contributed by atoms with E-state index in [1.165, 1.54) is 4.88 Å². The summed E-state index contributed by atoms with van der Waals surface area (Å²) in [5, 5.41) is 2.03. The fourth-order valence-electron chi connectivity index (χ4n) is 1.38. The van der Waals surface area contributed by atoms with Crippen LogP contribution in [0.3, 0.4) is 0 Å². The molecule has 0 bridgehead atoms. The lowest BCUT2D eigenvalue weighted by Crippen LogP contribution is -1.97. The Morgan fingerprint density at radius 2 is 1.77 bits per heavy atom. The first kappa shape index (κ1) is 18.1. The van der Waals surface area contributed by atoms with Crippen LogP contribution in [0.4, 0.5) is 0 Å². The summed E-state index contributed by atoms with van der Waals surface area (Å²) in [5.74, 6) is 0.833. The Bertz CT molecular complexity index is 533. The highest BCUT2D eigenvalue weighted by Gasteiger charge is 1.85. The van der Waals surface area contributed by atoms with E-state index in [9.17, 15) is 0 Å². The third-order valence-corrected chi connectivity index (χ3v) is 3.40. The van der Waals surface area contributed by atoms with E-state index >= 15 is 0 Å². The summed E-state index contributed by atoms with van der Waals surface area (Å²) in [7, 11) is 0. The molecule has 0 unspecified atom stereocenters. The van der Waals surface area contributed by atoms with Gasteiger partial charge in [0.15, 0.2) is 0 Å². The lowest BCUT2D eigenvalue weighted by molar-refractivity contribution is 0.512. The first-order valence-corrected chi connectivity index (χ1v) is 7.73. The maximum absolute atomic E-state index is 5.30. The Morgan fingerprint density at radius 3 is 2.09 bits per heavy atom. The van der Waals surface area contributed by atoms with Gasteiger partial charge in [0, 0.05) is 24.2 Å². The van der Waals surface area contributed by atoms with Gasteiger partial charge in [-0.25, -0.2) is 0 Å². The molecule has 22 heavy (non-hydrogen) atoms. The van der Waals surface area contributed by atoms with Crippen molar-refractivity contribution in [3.63, 3.8) is 0 Å². The van der Waals surface area contributed by atoms with E-state index < -0.39 is 0 Å². The van der Waals surface area contributed by atoms with E-state index in [0.29, 0.717) is 19.6 Å². The van der Waals surface area contributed by atoms with E-state index in [-0.39, 0.29) is 0 Å². The van der Waals surface area contributed by atoms with Gasteiger partial charge in [-0.3, -0.25) is 4.98 Å². The predicted octanol–water partition coefficient (Wildman–Crippen LogP) is 2.49. The van der Waals surface area contributed by atoms with Gasteiger partial charge < -0.3 is 21.6 Å². The molecule has 3 heterocycles. The Labute approximate surface area is 134 Å². The Hall–Kier alpha value is -1.99. The average molecular weight is 318 g/mol. The number of nitrogens with two attached hydrogens (primary N) is 3. The minimum atomic E-state index is 0.493. The van der Waals surface area contributed by atoms with Gasteiger partial charge in [0.1, 0.15) is 5.76 Å². The number of hydrogen-bond acceptors (Lipinski definition) is 6. The van der Waals surface area contributed by atoms with Gasteiger partial charge >= 0.3 is 0 Å². The Balaban J connectivity index is 0.000000166. The maximum atomic E-state index is 5.30. The number of thiophene rings is 1. The van der Waals surface area contributed by atoms with E-state index in [1.54, 1.807) is 23.8 Å². The van der Waals surface area contributed by atoms with Crippen LogP contribution in [0.15, 0.2) is 64.7 Å². The monoisotopic (exact) mass is 318 g/mol. The molecule has 0 aliphatic rings. The molecular formula is C16H22N4OS. The lowest BCUT2D eigenvalue weighted by atomic mass is 10.4. The summed E-state index contributed by atoms with van der Waals surface area (Å²) in [6.07, 6.45) is 3.35. The van der Waals surface area contributed by atoms with Gasteiger partial charge in [-0.1, -0.05) is 12.1 Å². The van der Waals surface area contributed by atoms with Crippen molar-refractivity contribution in [3.05, 3.63) is 76.6 Å². The van der Waals surface area contributed by atoms with Crippen molar-refractivity contribution >= 4 is 11.3 Å². The molecule has 6 N–H and O–H groups in total. The topological polar surface area (TPSA) is 104 Å². The molecule has 3 aromatic rings. The van der Waals surface area contributed by atoms with E-state index in [2.05, 4.69) is 4.98 Å². The van der Waals surface area contributed by atoms with Crippen molar-refractivity contribution in [1.29, 1.82) is 0 Å². The first-order chi connectivity index (χ1) is 10.8. The molecule has 0 radical (unpaired) electrons. The zero-order chi connectivity index (χ0) is 16.0. The smallest absolute Gasteiger partial charge is 0.117 e. The van der Waals surface area contributed by atoms with Gasteiger partial charge in [0.05, 0.1) is 18.5 Å². The predicted molar refractivity (Wildman–Crippen MR) is 90.9 cm³/mol. The molecule has 3 aromatic heterocycles. The Morgan fingerprint density at radius 1 is 0.909 bits per heavy atom. The summed E-state index contributed by atoms with van der Waals surface area (Å²) in [6, 6.07) is 13.4. The summed E-state index contributed by atoms with van der Waals surface area (Å²) < 4.78 is 4.86. The second kappa shape index (κ2) is 11.6. The zero-order valence-electron chi connectivity index (χ0n) is 12.4. The van der Waals surface area contributed by atoms with Crippen LogP contribution in [0.25, 0.3) is 0 Å². The van der Waals surface area contributed by atoms with Crippen LogP contribution in [0.5, 0.6) is 0 Å².